The van der Waals surface area contributed by atoms with E-state index < -0.39 is 0 Å². The highest BCUT2D eigenvalue weighted by Crippen LogP contribution is 2.29. The molecule has 0 atom stereocenters. The van der Waals surface area contributed by atoms with Gasteiger partial charge in [-0.2, -0.15) is 5.10 Å². The predicted molar refractivity (Wildman–Crippen MR) is 92.7 cm³/mol. The van der Waals surface area contributed by atoms with Gasteiger partial charge in [0.25, 0.3) is 5.91 Å². The van der Waals surface area contributed by atoms with Crippen molar-refractivity contribution in [2.45, 2.75) is 13.0 Å². The van der Waals surface area contributed by atoms with Gasteiger partial charge >= 0.3 is 0 Å². The molecule has 1 aromatic carbocycles. The van der Waals surface area contributed by atoms with Gasteiger partial charge in [-0.05, 0) is 18.2 Å². The third kappa shape index (κ3) is 2.53. The molecule has 124 valence electrons. The maximum Gasteiger partial charge on any atom is 0.278 e. The Hall–Kier alpha value is -2.45. The van der Waals surface area contributed by atoms with Crippen LogP contribution in [0.25, 0.3) is 10.2 Å². The first kappa shape index (κ1) is 15.1. The number of anilines is 1. The van der Waals surface area contributed by atoms with Gasteiger partial charge in [0, 0.05) is 37.8 Å². The van der Waals surface area contributed by atoms with Crippen LogP contribution in [0.3, 0.4) is 0 Å². The summed E-state index contributed by atoms with van der Waals surface area (Å²) in [4.78, 5) is 17.1. The van der Waals surface area contributed by atoms with Gasteiger partial charge in [0.15, 0.2) is 10.8 Å². The van der Waals surface area contributed by atoms with Crippen LogP contribution >= 0.6 is 11.3 Å². The van der Waals surface area contributed by atoms with E-state index in [-0.39, 0.29) is 5.91 Å². The van der Waals surface area contributed by atoms with Crippen LogP contribution < -0.4 is 15.4 Å². The maximum atomic E-state index is 12.6. The number of carbonyl (C=O) groups is 1. The Kier molecular flexibility index (Phi) is 3.70. The summed E-state index contributed by atoms with van der Waals surface area (Å²) in [6, 6.07) is 5.65. The molecule has 7 nitrogen and oxygen atoms in total. The predicted octanol–water partition coefficient (Wildman–Crippen LogP) is 1.94. The van der Waals surface area contributed by atoms with Crippen LogP contribution in [0.5, 0.6) is 5.75 Å². The molecular formula is C16H17N5O2S. The third-order valence-electron chi connectivity index (χ3n) is 4.15. The molecule has 2 N–H and O–H groups in total. The SMILES string of the molecule is COc1ccc2nc(NC(=O)c3nn(C)c4c3CNCC4)sc2c1. The maximum absolute atomic E-state index is 12.6. The fourth-order valence-electron chi connectivity index (χ4n) is 2.95. The molecule has 0 spiro atoms. The summed E-state index contributed by atoms with van der Waals surface area (Å²) in [6.45, 7) is 1.58. The van der Waals surface area contributed by atoms with Gasteiger partial charge in [-0.25, -0.2) is 4.98 Å². The van der Waals surface area contributed by atoms with Gasteiger partial charge in [0.05, 0.1) is 17.3 Å². The van der Waals surface area contributed by atoms with E-state index in [2.05, 4.69) is 20.7 Å². The number of fused-ring (bicyclic) bond motifs is 2. The topological polar surface area (TPSA) is 81.1 Å². The molecule has 24 heavy (non-hydrogen) atoms. The molecule has 0 saturated heterocycles. The van der Waals surface area contributed by atoms with Crippen LogP contribution in [0.2, 0.25) is 0 Å². The molecular weight excluding hydrogens is 326 g/mol. The van der Waals surface area contributed by atoms with Gasteiger partial charge in [0.1, 0.15) is 5.75 Å². The quantitative estimate of drug-likeness (QED) is 0.759. The Morgan fingerprint density at radius 3 is 3.17 bits per heavy atom. The number of amides is 1. The van der Waals surface area contributed by atoms with Crippen molar-refractivity contribution in [1.29, 1.82) is 0 Å². The summed E-state index contributed by atoms with van der Waals surface area (Å²) in [5.41, 5.74) is 3.40. The van der Waals surface area contributed by atoms with E-state index in [0.717, 1.165) is 40.2 Å². The molecule has 0 unspecified atom stereocenters. The van der Waals surface area contributed by atoms with Crippen molar-refractivity contribution in [2.24, 2.45) is 7.05 Å². The Labute approximate surface area is 142 Å². The van der Waals surface area contributed by atoms with Crippen molar-refractivity contribution in [2.75, 3.05) is 19.0 Å². The fourth-order valence-corrected chi connectivity index (χ4v) is 3.83. The van der Waals surface area contributed by atoms with Crippen LogP contribution in [-0.2, 0) is 20.0 Å². The minimum Gasteiger partial charge on any atom is -0.497 e. The summed E-state index contributed by atoms with van der Waals surface area (Å²) in [7, 11) is 3.51. The molecule has 3 heterocycles. The molecule has 0 aliphatic carbocycles. The second-order valence-electron chi connectivity index (χ2n) is 5.63. The normalized spacial score (nSPS) is 13.8. The summed E-state index contributed by atoms with van der Waals surface area (Å²) < 4.78 is 7.99. The Bertz CT molecular complexity index is 930. The number of carbonyl (C=O) groups excluding carboxylic acids is 1. The van der Waals surface area contributed by atoms with E-state index in [4.69, 9.17) is 4.74 Å². The van der Waals surface area contributed by atoms with Crippen LogP contribution in [-0.4, -0.2) is 34.3 Å². The number of thiazole rings is 1. The largest absolute Gasteiger partial charge is 0.497 e. The minimum atomic E-state index is -0.221. The van der Waals surface area contributed by atoms with E-state index in [1.54, 1.807) is 11.8 Å². The summed E-state index contributed by atoms with van der Waals surface area (Å²) >= 11 is 1.42. The molecule has 2 aromatic heterocycles. The van der Waals surface area contributed by atoms with Gasteiger partial charge in [0.2, 0.25) is 0 Å². The average molecular weight is 343 g/mol. The van der Waals surface area contributed by atoms with E-state index in [0.29, 0.717) is 17.4 Å². The van der Waals surface area contributed by atoms with Crippen molar-refractivity contribution in [3.05, 3.63) is 35.2 Å². The molecule has 1 amide bonds. The first-order valence-corrected chi connectivity index (χ1v) is 8.49. The number of rotatable bonds is 3. The number of nitrogens with one attached hydrogen (secondary N) is 2. The number of aryl methyl sites for hydroxylation is 1. The summed E-state index contributed by atoms with van der Waals surface area (Å²) in [5.74, 6) is 0.551. The number of ether oxygens (including phenoxy) is 1. The first-order valence-electron chi connectivity index (χ1n) is 7.67. The van der Waals surface area contributed by atoms with Crippen molar-refractivity contribution < 1.29 is 9.53 Å². The Morgan fingerprint density at radius 1 is 1.46 bits per heavy atom. The van der Waals surface area contributed by atoms with Gasteiger partial charge in [-0.1, -0.05) is 11.3 Å². The highest BCUT2D eigenvalue weighted by Gasteiger charge is 2.24. The second kappa shape index (κ2) is 5.88. The molecule has 0 fully saturated rings. The van der Waals surface area contributed by atoms with E-state index in [1.807, 2.05) is 25.2 Å². The fraction of sp³-hybridized carbons (Fsp3) is 0.312. The standard InChI is InChI=1S/C16H17N5O2S/c1-21-12-5-6-17-8-10(12)14(20-21)15(22)19-16-18-11-4-3-9(23-2)7-13(11)24-16/h3-4,7,17H,5-6,8H2,1-2H3,(H,18,19,22). The monoisotopic (exact) mass is 343 g/mol. The summed E-state index contributed by atoms with van der Waals surface area (Å²) in [5, 5.41) is 11.1. The van der Waals surface area contributed by atoms with Gasteiger partial charge < -0.3 is 10.1 Å². The van der Waals surface area contributed by atoms with E-state index in [1.165, 1.54) is 11.3 Å². The average Bonchev–Trinajstić information content (AvgIpc) is 3.15. The number of benzene rings is 1. The molecule has 0 bridgehead atoms. The molecule has 0 radical (unpaired) electrons. The van der Waals surface area contributed by atoms with Crippen molar-refractivity contribution >= 4 is 32.6 Å². The minimum absolute atomic E-state index is 0.221. The van der Waals surface area contributed by atoms with Gasteiger partial charge in [-0.3, -0.25) is 14.8 Å². The van der Waals surface area contributed by atoms with E-state index in [9.17, 15) is 4.79 Å². The van der Waals surface area contributed by atoms with Crippen LogP contribution in [0.15, 0.2) is 18.2 Å². The van der Waals surface area contributed by atoms with Crippen molar-refractivity contribution in [1.82, 2.24) is 20.1 Å². The molecule has 4 rings (SSSR count). The van der Waals surface area contributed by atoms with Crippen LogP contribution in [0, 0.1) is 0 Å². The lowest BCUT2D eigenvalue weighted by Gasteiger charge is -2.13. The highest BCUT2D eigenvalue weighted by molar-refractivity contribution is 7.22. The Morgan fingerprint density at radius 2 is 2.33 bits per heavy atom. The van der Waals surface area contributed by atoms with E-state index >= 15 is 0 Å². The zero-order valence-corrected chi connectivity index (χ0v) is 14.2. The molecule has 3 aromatic rings. The molecule has 1 aliphatic rings. The van der Waals surface area contributed by atoms with Gasteiger partial charge in [-0.15, -0.1) is 0 Å². The summed E-state index contributed by atoms with van der Waals surface area (Å²) in [6.07, 6.45) is 0.882. The number of hydrogen-bond acceptors (Lipinski definition) is 6. The lowest BCUT2D eigenvalue weighted by Crippen LogP contribution is -2.26. The smallest absolute Gasteiger partial charge is 0.278 e. The first-order chi connectivity index (χ1) is 11.7. The lowest BCUT2D eigenvalue weighted by atomic mass is 10.1. The highest BCUT2D eigenvalue weighted by atomic mass is 32.1. The van der Waals surface area contributed by atoms with Crippen molar-refractivity contribution in [3.63, 3.8) is 0 Å². The van der Waals surface area contributed by atoms with Crippen LogP contribution in [0.4, 0.5) is 5.13 Å². The van der Waals surface area contributed by atoms with Crippen molar-refractivity contribution in [3.8, 4) is 5.75 Å². The zero-order valence-electron chi connectivity index (χ0n) is 13.4. The van der Waals surface area contributed by atoms with Crippen LogP contribution in [0.1, 0.15) is 21.7 Å². The zero-order chi connectivity index (χ0) is 16.7. The number of nitrogens with zero attached hydrogens (tertiary/aromatic N) is 3. The molecule has 8 heteroatoms. The molecule has 1 aliphatic heterocycles. The molecule has 0 saturated carbocycles. The lowest BCUT2D eigenvalue weighted by molar-refractivity contribution is 0.102. The number of hydrogen-bond donors (Lipinski definition) is 2. The number of methoxy groups -OCH3 is 1. The third-order valence-corrected chi connectivity index (χ3v) is 5.08. The Balaban J connectivity index is 1.62. The second-order valence-corrected chi connectivity index (χ2v) is 6.66. The number of aromatic nitrogens is 3.